The van der Waals surface area contributed by atoms with Crippen LogP contribution in [0.25, 0.3) is 43.8 Å². The summed E-state index contributed by atoms with van der Waals surface area (Å²) in [5, 5.41) is 4.78. The summed E-state index contributed by atoms with van der Waals surface area (Å²) < 4.78 is 0. The molecule has 246 valence electrons. The highest BCUT2D eigenvalue weighted by molar-refractivity contribution is 6.02. The zero-order valence-electron chi connectivity index (χ0n) is 28.7. The monoisotopic (exact) mass is 664 g/mol. The van der Waals surface area contributed by atoms with Crippen LogP contribution in [-0.2, 0) is 0 Å². The fourth-order valence-electron chi connectivity index (χ4n) is 7.26. The Morgan fingerprint density at radius 1 is 0.231 bits per heavy atom. The Balaban J connectivity index is 1.17. The number of hydrogen-bond acceptors (Lipinski definition) is 2. The van der Waals surface area contributed by atoms with Gasteiger partial charge < -0.3 is 9.80 Å². The molecule has 2 heteroatoms. The van der Waals surface area contributed by atoms with E-state index >= 15 is 0 Å². The van der Waals surface area contributed by atoms with Crippen molar-refractivity contribution >= 4 is 55.7 Å². The van der Waals surface area contributed by atoms with Crippen LogP contribution >= 0.6 is 0 Å². The molecule has 0 bridgehead atoms. The highest BCUT2D eigenvalue weighted by atomic mass is 15.2. The van der Waals surface area contributed by atoms with Gasteiger partial charge in [-0.3, -0.25) is 0 Å². The minimum absolute atomic E-state index is 1.10. The second kappa shape index (κ2) is 13.8. The van der Waals surface area contributed by atoms with Crippen LogP contribution in [0.3, 0.4) is 0 Å². The topological polar surface area (TPSA) is 6.48 Å². The second-order valence-electron chi connectivity index (χ2n) is 13.1. The summed E-state index contributed by atoms with van der Waals surface area (Å²) in [5.74, 6) is 0. The van der Waals surface area contributed by atoms with Gasteiger partial charge in [-0.05, 0) is 111 Å². The van der Waals surface area contributed by atoms with E-state index < -0.39 is 0 Å². The van der Waals surface area contributed by atoms with Crippen LogP contribution in [0.5, 0.6) is 0 Å². The van der Waals surface area contributed by atoms with Crippen molar-refractivity contribution in [1.82, 2.24) is 0 Å². The molecule has 0 saturated heterocycles. The number of anilines is 6. The number of rotatable bonds is 8. The molecule has 0 aliphatic heterocycles. The van der Waals surface area contributed by atoms with E-state index in [9.17, 15) is 0 Å². The lowest BCUT2D eigenvalue weighted by molar-refractivity contribution is 1.29. The predicted octanol–water partition coefficient (Wildman–Crippen LogP) is 14.3. The molecule has 0 aromatic heterocycles. The molecular weight excluding hydrogens is 629 g/mol. The molecular formula is C50H36N2. The van der Waals surface area contributed by atoms with Gasteiger partial charge in [0, 0.05) is 33.8 Å². The quantitative estimate of drug-likeness (QED) is 0.159. The SMILES string of the molecule is c1ccc(-c2cccc(N(c3ccccc3)c3cccc4cc(N(c5ccccc5)c5ccc6ccc(-c7ccccc7)cc6c5)ccc34)c2)cc1. The molecule has 2 nitrogen and oxygen atoms in total. The smallest absolute Gasteiger partial charge is 0.0540 e. The van der Waals surface area contributed by atoms with Gasteiger partial charge in [0.1, 0.15) is 0 Å². The number of hydrogen-bond donors (Lipinski definition) is 0. The molecule has 9 rings (SSSR count). The van der Waals surface area contributed by atoms with Crippen LogP contribution in [0, 0.1) is 0 Å². The summed E-state index contributed by atoms with van der Waals surface area (Å²) in [6, 6.07) is 78.3. The van der Waals surface area contributed by atoms with Gasteiger partial charge in [0.2, 0.25) is 0 Å². The van der Waals surface area contributed by atoms with Gasteiger partial charge in [-0.25, -0.2) is 0 Å². The lowest BCUT2D eigenvalue weighted by Gasteiger charge is -2.29. The molecule has 0 aliphatic rings. The summed E-state index contributed by atoms with van der Waals surface area (Å²) in [7, 11) is 0. The molecule has 9 aromatic rings. The second-order valence-corrected chi connectivity index (χ2v) is 13.1. The maximum atomic E-state index is 2.37. The van der Waals surface area contributed by atoms with Crippen molar-refractivity contribution in [3.8, 4) is 22.3 Å². The third kappa shape index (κ3) is 6.08. The molecule has 0 spiro atoms. The van der Waals surface area contributed by atoms with Crippen LogP contribution in [0.2, 0.25) is 0 Å². The molecule has 0 amide bonds. The van der Waals surface area contributed by atoms with Crippen molar-refractivity contribution in [3.05, 3.63) is 218 Å². The van der Waals surface area contributed by atoms with E-state index in [4.69, 9.17) is 0 Å². The molecule has 9 aromatic carbocycles. The molecule has 0 unspecified atom stereocenters. The first-order chi connectivity index (χ1) is 25.8. The first kappa shape index (κ1) is 31.1. The van der Waals surface area contributed by atoms with E-state index in [0.717, 1.165) is 34.1 Å². The predicted molar refractivity (Wildman–Crippen MR) is 222 cm³/mol. The zero-order valence-corrected chi connectivity index (χ0v) is 28.7. The van der Waals surface area contributed by atoms with Crippen molar-refractivity contribution in [1.29, 1.82) is 0 Å². The van der Waals surface area contributed by atoms with Crippen LogP contribution in [0.4, 0.5) is 34.1 Å². The minimum Gasteiger partial charge on any atom is -0.310 e. The molecule has 0 fully saturated rings. The molecule has 0 atom stereocenters. The first-order valence-corrected chi connectivity index (χ1v) is 17.8. The van der Waals surface area contributed by atoms with Gasteiger partial charge in [-0.1, -0.05) is 146 Å². The molecule has 52 heavy (non-hydrogen) atoms. The highest BCUT2D eigenvalue weighted by Gasteiger charge is 2.18. The Morgan fingerprint density at radius 2 is 0.712 bits per heavy atom. The Labute approximate surface area is 305 Å². The largest absolute Gasteiger partial charge is 0.310 e. The van der Waals surface area contributed by atoms with Gasteiger partial charge in [0.25, 0.3) is 0 Å². The number of fused-ring (bicyclic) bond motifs is 2. The average Bonchev–Trinajstić information content (AvgIpc) is 3.22. The molecule has 0 aliphatic carbocycles. The maximum Gasteiger partial charge on any atom is 0.0540 e. The van der Waals surface area contributed by atoms with Crippen molar-refractivity contribution in [2.24, 2.45) is 0 Å². The maximum absolute atomic E-state index is 2.37. The van der Waals surface area contributed by atoms with E-state index in [1.807, 2.05) is 0 Å². The van der Waals surface area contributed by atoms with Gasteiger partial charge in [-0.2, -0.15) is 0 Å². The lowest BCUT2D eigenvalue weighted by Crippen LogP contribution is -2.11. The molecule has 0 heterocycles. The Kier molecular flexibility index (Phi) is 8.24. The first-order valence-electron chi connectivity index (χ1n) is 17.8. The number of benzene rings is 9. The Bertz CT molecular complexity index is 2620. The Morgan fingerprint density at radius 3 is 1.38 bits per heavy atom. The fraction of sp³-hybridized carbons (Fsp3) is 0. The van der Waals surface area contributed by atoms with Crippen LogP contribution in [0.1, 0.15) is 0 Å². The van der Waals surface area contributed by atoms with Gasteiger partial charge in [0.15, 0.2) is 0 Å². The number of nitrogens with zero attached hydrogens (tertiary/aromatic N) is 2. The van der Waals surface area contributed by atoms with Gasteiger partial charge in [-0.15, -0.1) is 0 Å². The third-order valence-corrected chi connectivity index (χ3v) is 9.77. The van der Waals surface area contributed by atoms with E-state index in [-0.39, 0.29) is 0 Å². The Hall–Kier alpha value is -6.90. The van der Waals surface area contributed by atoms with E-state index in [1.54, 1.807) is 0 Å². The molecule has 0 radical (unpaired) electrons. The molecule has 0 saturated carbocycles. The zero-order chi connectivity index (χ0) is 34.7. The average molecular weight is 665 g/mol. The summed E-state index contributed by atoms with van der Waals surface area (Å²) in [4.78, 5) is 4.73. The number of para-hydroxylation sites is 2. The summed E-state index contributed by atoms with van der Waals surface area (Å²) in [5.41, 5.74) is 11.5. The highest BCUT2D eigenvalue weighted by Crippen LogP contribution is 2.43. The minimum atomic E-state index is 1.10. The molecule has 0 N–H and O–H groups in total. The van der Waals surface area contributed by atoms with Crippen LogP contribution in [0.15, 0.2) is 218 Å². The van der Waals surface area contributed by atoms with Gasteiger partial charge in [0.05, 0.1) is 5.69 Å². The van der Waals surface area contributed by atoms with E-state index in [1.165, 1.54) is 43.8 Å². The lowest BCUT2D eigenvalue weighted by atomic mass is 10.0. The summed E-state index contributed by atoms with van der Waals surface area (Å²) >= 11 is 0. The van der Waals surface area contributed by atoms with E-state index in [2.05, 4.69) is 228 Å². The van der Waals surface area contributed by atoms with E-state index in [0.29, 0.717) is 0 Å². The standard InChI is InChI=1S/C50H36N2/c1-5-15-37(16-6-1)40-19-13-25-46(34-40)52(45-23-11-4-12-24-45)50-26-14-20-42-35-48(31-32-49(42)50)51(44-21-9-3-10-22-44)47-30-29-39-27-28-41(33-43(39)36-47)38-17-7-2-8-18-38/h1-36H. The van der Waals surface area contributed by atoms with Crippen molar-refractivity contribution < 1.29 is 0 Å². The summed E-state index contributed by atoms with van der Waals surface area (Å²) in [6.07, 6.45) is 0. The van der Waals surface area contributed by atoms with Gasteiger partial charge >= 0.3 is 0 Å². The fourth-order valence-corrected chi connectivity index (χ4v) is 7.26. The third-order valence-electron chi connectivity index (χ3n) is 9.77. The summed E-state index contributed by atoms with van der Waals surface area (Å²) in [6.45, 7) is 0. The normalized spacial score (nSPS) is 11.1. The van der Waals surface area contributed by atoms with Crippen LogP contribution < -0.4 is 9.80 Å². The van der Waals surface area contributed by atoms with Crippen LogP contribution in [-0.4, -0.2) is 0 Å². The van der Waals surface area contributed by atoms with Crippen molar-refractivity contribution in [3.63, 3.8) is 0 Å². The van der Waals surface area contributed by atoms with Crippen molar-refractivity contribution in [2.45, 2.75) is 0 Å². The van der Waals surface area contributed by atoms with Crippen molar-refractivity contribution in [2.75, 3.05) is 9.80 Å².